The second-order valence-corrected chi connectivity index (χ2v) is 7.17. The summed E-state index contributed by atoms with van der Waals surface area (Å²) in [5, 5.41) is 9.67. The molecule has 0 aliphatic heterocycles. The van der Waals surface area contributed by atoms with Gasteiger partial charge in [-0.1, -0.05) is 54.6 Å². The molecule has 1 amide bonds. The number of carbonyl (C=O) groups is 1. The van der Waals surface area contributed by atoms with Crippen LogP contribution < -0.4 is 5.32 Å². The number of nitrogens with one attached hydrogen (secondary N) is 1. The third-order valence-electron chi connectivity index (χ3n) is 4.24. The minimum Gasteiger partial charge on any atom is -0.348 e. The van der Waals surface area contributed by atoms with Gasteiger partial charge in [0.05, 0.1) is 10.6 Å². The third kappa shape index (κ3) is 4.27. The molecule has 1 N–H and O–H groups in total. The van der Waals surface area contributed by atoms with E-state index in [0.29, 0.717) is 6.54 Å². The molecular formula is C23H19N3OS. The van der Waals surface area contributed by atoms with Crippen molar-refractivity contribution in [3.05, 3.63) is 102 Å². The second-order valence-electron chi connectivity index (χ2n) is 6.23. The first-order chi connectivity index (χ1) is 13.8. The van der Waals surface area contributed by atoms with E-state index in [4.69, 9.17) is 5.10 Å². The highest BCUT2D eigenvalue weighted by molar-refractivity contribution is 7.13. The lowest BCUT2D eigenvalue weighted by atomic mass is 10.2. The van der Waals surface area contributed by atoms with Gasteiger partial charge in [0.2, 0.25) is 5.91 Å². The number of thiophene rings is 1. The molecule has 28 heavy (non-hydrogen) atoms. The van der Waals surface area contributed by atoms with Crippen LogP contribution in [0, 0.1) is 0 Å². The number of benzene rings is 2. The lowest BCUT2D eigenvalue weighted by Crippen LogP contribution is -2.20. The smallest absolute Gasteiger partial charge is 0.244 e. The molecule has 0 radical (unpaired) electrons. The molecular weight excluding hydrogens is 366 g/mol. The lowest BCUT2D eigenvalue weighted by molar-refractivity contribution is -0.116. The summed E-state index contributed by atoms with van der Waals surface area (Å²) < 4.78 is 1.84. The van der Waals surface area contributed by atoms with Crippen molar-refractivity contribution in [2.45, 2.75) is 6.54 Å². The van der Waals surface area contributed by atoms with Crippen LogP contribution in [-0.2, 0) is 11.3 Å². The van der Waals surface area contributed by atoms with Crippen LogP contribution in [0.1, 0.15) is 11.1 Å². The molecule has 0 spiro atoms. The Balaban J connectivity index is 1.55. The standard InChI is InChI=1S/C23H19N3OS/c27-22(24-16-18-8-3-1-4-9-18)14-13-19-17-26(20-10-5-2-6-11-20)25-23(19)21-12-7-15-28-21/h1-15,17H,16H2,(H,24,27)/b14-13-. The molecule has 0 saturated heterocycles. The molecule has 0 atom stereocenters. The number of amides is 1. The predicted molar refractivity (Wildman–Crippen MR) is 114 cm³/mol. The van der Waals surface area contributed by atoms with Gasteiger partial charge in [-0.2, -0.15) is 5.10 Å². The largest absolute Gasteiger partial charge is 0.348 e. The number of aromatic nitrogens is 2. The van der Waals surface area contributed by atoms with Crippen LogP contribution in [0.15, 0.2) is 90.4 Å². The van der Waals surface area contributed by atoms with Gasteiger partial charge in [0.15, 0.2) is 0 Å². The molecule has 2 heterocycles. The van der Waals surface area contributed by atoms with E-state index >= 15 is 0 Å². The number of hydrogen-bond donors (Lipinski definition) is 1. The third-order valence-corrected chi connectivity index (χ3v) is 5.12. The summed E-state index contributed by atoms with van der Waals surface area (Å²) in [7, 11) is 0. The molecule has 0 saturated carbocycles. The second kappa shape index (κ2) is 8.50. The van der Waals surface area contributed by atoms with Crippen molar-refractivity contribution in [3.8, 4) is 16.3 Å². The number of rotatable bonds is 6. The van der Waals surface area contributed by atoms with Crippen LogP contribution in [0.2, 0.25) is 0 Å². The van der Waals surface area contributed by atoms with Crippen molar-refractivity contribution in [1.29, 1.82) is 0 Å². The Kier molecular flexibility index (Phi) is 5.45. The van der Waals surface area contributed by atoms with Gasteiger partial charge in [-0.25, -0.2) is 4.68 Å². The quantitative estimate of drug-likeness (QED) is 0.478. The van der Waals surface area contributed by atoms with Crippen molar-refractivity contribution in [2.24, 2.45) is 0 Å². The average Bonchev–Trinajstić information content (AvgIpc) is 3.42. The zero-order valence-corrected chi connectivity index (χ0v) is 16.0. The predicted octanol–water partition coefficient (Wildman–Crippen LogP) is 4.93. The molecule has 2 aromatic carbocycles. The highest BCUT2D eigenvalue weighted by Crippen LogP contribution is 2.28. The molecule has 0 aliphatic carbocycles. The van der Waals surface area contributed by atoms with Gasteiger partial charge in [0, 0.05) is 24.4 Å². The summed E-state index contributed by atoms with van der Waals surface area (Å²) in [5.74, 6) is -0.131. The number of hydrogen-bond acceptors (Lipinski definition) is 3. The minimum atomic E-state index is -0.131. The van der Waals surface area contributed by atoms with E-state index < -0.39 is 0 Å². The summed E-state index contributed by atoms with van der Waals surface area (Å²) in [6.07, 6.45) is 5.33. The van der Waals surface area contributed by atoms with Crippen molar-refractivity contribution < 1.29 is 4.79 Å². The van der Waals surface area contributed by atoms with Crippen LogP contribution in [0.25, 0.3) is 22.3 Å². The topological polar surface area (TPSA) is 46.9 Å². The Morgan fingerprint density at radius 3 is 2.46 bits per heavy atom. The first-order valence-corrected chi connectivity index (χ1v) is 9.86. The molecule has 0 aliphatic rings. The molecule has 4 rings (SSSR count). The van der Waals surface area contributed by atoms with Gasteiger partial charge >= 0.3 is 0 Å². The van der Waals surface area contributed by atoms with Crippen LogP contribution in [0.5, 0.6) is 0 Å². The summed E-state index contributed by atoms with van der Waals surface area (Å²) in [6, 6.07) is 23.8. The monoisotopic (exact) mass is 385 g/mol. The van der Waals surface area contributed by atoms with Gasteiger partial charge in [-0.15, -0.1) is 11.3 Å². The van der Waals surface area contributed by atoms with Crippen molar-refractivity contribution in [3.63, 3.8) is 0 Å². The molecule has 0 fully saturated rings. The fourth-order valence-corrected chi connectivity index (χ4v) is 3.57. The Bertz CT molecular complexity index is 1070. The van der Waals surface area contributed by atoms with E-state index in [1.807, 2.05) is 95.1 Å². The lowest BCUT2D eigenvalue weighted by Gasteiger charge is -2.01. The van der Waals surface area contributed by atoms with E-state index in [0.717, 1.165) is 27.4 Å². The normalized spacial score (nSPS) is 11.0. The fourth-order valence-electron chi connectivity index (χ4n) is 2.84. The Morgan fingerprint density at radius 2 is 1.75 bits per heavy atom. The summed E-state index contributed by atoms with van der Waals surface area (Å²) in [5.41, 5.74) is 3.82. The average molecular weight is 385 g/mol. The summed E-state index contributed by atoms with van der Waals surface area (Å²) in [6.45, 7) is 0.505. The van der Waals surface area contributed by atoms with Gasteiger partial charge in [0.25, 0.3) is 0 Å². The molecule has 5 heteroatoms. The van der Waals surface area contributed by atoms with Crippen molar-refractivity contribution in [1.82, 2.24) is 15.1 Å². The van der Waals surface area contributed by atoms with Crippen LogP contribution in [0.3, 0.4) is 0 Å². The van der Waals surface area contributed by atoms with Gasteiger partial charge in [-0.3, -0.25) is 4.79 Å². The van der Waals surface area contributed by atoms with Gasteiger partial charge in [0.1, 0.15) is 5.69 Å². The molecule has 4 nitrogen and oxygen atoms in total. The summed E-state index contributed by atoms with van der Waals surface area (Å²) in [4.78, 5) is 13.3. The maximum Gasteiger partial charge on any atom is 0.244 e. The molecule has 138 valence electrons. The Morgan fingerprint density at radius 1 is 1.00 bits per heavy atom. The SMILES string of the molecule is O=C(/C=C\c1cn(-c2ccccc2)nc1-c1cccs1)NCc1ccccc1. The van der Waals surface area contributed by atoms with E-state index in [1.165, 1.54) is 0 Å². The molecule has 0 bridgehead atoms. The van der Waals surface area contributed by atoms with E-state index in [1.54, 1.807) is 17.4 Å². The minimum absolute atomic E-state index is 0.131. The summed E-state index contributed by atoms with van der Waals surface area (Å²) >= 11 is 1.63. The van der Waals surface area contributed by atoms with Crippen LogP contribution in [-0.4, -0.2) is 15.7 Å². The maximum atomic E-state index is 12.2. The van der Waals surface area contributed by atoms with E-state index in [9.17, 15) is 4.79 Å². The van der Waals surface area contributed by atoms with Gasteiger partial charge < -0.3 is 5.32 Å². The van der Waals surface area contributed by atoms with Crippen molar-refractivity contribution >= 4 is 23.3 Å². The van der Waals surface area contributed by atoms with Crippen LogP contribution in [0.4, 0.5) is 0 Å². The first-order valence-electron chi connectivity index (χ1n) is 8.98. The molecule has 0 unspecified atom stereocenters. The zero-order chi connectivity index (χ0) is 19.2. The van der Waals surface area contributed by atoms with Crippen LogP contribution >= 0.6 is 11.3 Å². The first kappa shape index (κ1) is 17.9. The number of nitrogens with zero attached hydrogens (tertiary/aromatic N) is 2. The highest BCUT2D eigenvalue weighted by atomic mass is 32.1. The van der Waals surface area contributed by atoms with Gasteiger partial charge in [-0.05, 0) is 35.2 Å². The van der Waals surface area contributed by atoms with E-state index in [2.05, 4.69) is 5.32 Å². The Hall–Kier alpha value is -3.44. The molecule has 2 aromatic heterocycles. The fraction of sp³-hybridized carbons (Fsp3) is 0.0435. The zero-order valence-electron chi connectivity index (χ0n) is 15.2. The van der Waals surface area contributed by atoms with E-state index in [-0.39, 0.29) is 5.91 Å². The number of carbonyl (C=O) groups excluding carboxylic acids is 1. The Labute approximate surface area is 167 Å². The molecule has 4 aromatic rings. The maximum absolute atomic E-state index is 12.2. The highest BCUT2D eigenvalue weighted by Gasteiger charge is 2.11. The van der Waals surface area contributed by atoms with Crippen molar-refractivity contribution in [2.75, 3.05) is 0 Å². The number of para-hydroxylation sites is 1.